The van der Waals surface area contributed by atoms with Crippen molar-refractivity contribution < 1.29 is 9.59 Å². The van der Waals surface area contributed by atoms with Crippen molar-refractivity contribution in [2.75, 3.05) is 12.1 Å². The third-order valence-corrected chi connectivity index (χ3v) is 1.96. The van der Waals surface area contributed by atoms with E-state index in [1.54, 1.807) is 31.6 Å². The second-order valence-electron chi connectivity index (χ2n) is 3.08. The summed E-state index contributed by atoms with van der Waals surface area (Å²) in [6.45, 7) is 2.80. The Balaban J connectivity index is 3.04. The van der Waals surface area contributed by atoms with Gasteiger partial charge in [-0.25, -0.2) is 5.01 Å². The molecular weight excluding hydrogens is 194 g/mol. The number of anilines is 1. The average molecular weight is 207 g/mol. The first kappa shape index (κ1) is 11.2. The zero-order valence-electron chi connectivity index (χ0n) is 8.97. The lowest BCUT2D eigenvalue weighted by Crippen LogP contribution is -2.45. The molecule has 80 valence electrons. The molecule has 0 radical (unpaired) electrons. The van der Waals surface area contributed by atoms with Crippen LogP contribution in [0.1, 0.15) is 13.8 Å². The maximum absolute atomic E-state index is 11.4. The summed E-state index contributed by atoms with van der Waals surface area (Å²) in [4.78, 5) is 26.4. The van der Waals surface area contributed by atoms with E-state index >= 15 is 0 Å². The Labute approximate surface area is 88.3 Å². The molecule has 1 rings (SSSR count). The number of hydrazine groups is 1. The van der Waals surface area contributed by atoms with Gasteiger partial charge in [-0.2, -0.15) is 0 Å². The highest BCUT2D eigenvalue weighted by molar-refractivity contribution is 5.94. The Hall–Kier alpha value is -1.91. The van der Waals surface area contributed by atoms with Gasteiger partial charge >= 0.3 is 0 Å². The van der Waals surface area contributed by atoms with E-state index in [-0.39, 0.29) is 11.8 Å². The number of rotatable bonds is 1. The smallest absolute Gasteiger partial charge is 0.242 e. The van der Waals surface area contributed by atoms with E-state index in [4.69, 9.17) is 0 Å². The molecule has 5 heteroatoms. The number of carbonyl (C=O) groups excluding carboxylic acids is 2. The summed E-state index contributed by atoms with van der Waals surface area (Å²) < 4.78 is 0. The molecule has 0 bridgehead atoms. The van der Waals surface area contributed by atoms with E-state index in [0.717, 1.165) is 0 Å². The van der Waals surface area contributed by atoms with Crippen molar-refractivity contribution in [1.29, 1.82) is 0 Å². The molecule has 0 atom stereocenters. The van der Waals surface area contributed by atoms with Gasteiger partial charge in [0.15, 0.2) is 0 Å². The summed E-state index contributed by atoms with van der Waals surface area (Å²) in [6, 6.07) is 3.34. The second kappa shape index (κ2) is 4.54. The van der Waals surface area contributed by atoms with E-state index in [1.807, 2.05) is 0 Å². The lowest BCUT2D eigenvalue weighted by Gasteiger charge is -2.29. The molecule has 0 saturated heterocycles. The zero-order chi connectivity index (χ0) is 11.4. The van der Waals surface area contributed by atoms with Crippen molar-refractivity contribution >= 4 is 17.5 Å². The molecule has 15 heavy (non-hydrogen) atoms. The minimum atomic E-state index is -0.223. The first-order valence-electron chi connectivity index (χ1n) is 4.49. The monoisotopic (exact) mass is 207 g/mol. The number of carbonyl (C=O) groups is 2. The molecule has 5 nitrogen and oxygen atoms in total. The minimum absolute atomic E-state index is 0.206. The average Bonchev–Trinajstić information content (AvgIpc) is 2.18. The van der Waals surface area contributed by atoms with Gasteiger partial charge in [-0.15, -0.1) is 0 Å². The summed E-state index contributed by atoms with van der Waals surface area (Å²) in [5.74, 6) is -0.430. The van der Waals surface area contributed by atoms with Gasteiger partial charge in [-0.3, -0.25) is 19.6 Å². The Kier molecular flexibility index (Phi) is 3.38. The van der Waals surface area contributed by atoms with Gasteiger partial charge in [0.05, 0.1) is 5.69 Å². The number of nitrogens with zero attached hydrogens (tertiary/aromatic N) is 3. The van der Waals surface area contributed by atoms with Gasteiger partial charge in [0.25, 0.3) is 0 Å². The summed E-state index contributed by atoms with van der Waals surface area (Å²) in [6.07, 6.45) is 3.14. The lowest BCUT2D eigenvalue weighted by molar-refractivity contribution is -0.133. The van der Waals surface area contributed by atoms with Crippen molar-refractivity contribution in [3.05, 3.63) is 24.5 Å². The SMILES string of the molecule is CC(=O)N(C)N(C(C)=O)c1ccncc1. The highest BCUT2D eigenvalue weighted by Gasteiger charge is 2.18. The number of pyridine rings is 1. The van der Waals surface area contributed by atoms with Crippen molar-refractivity contribution in [2.45, 2.75) is 13.8 Å². The first-order valence-corrected chi connectivity index (χ1v) is 4.49. The van der Waals surface area contributed by atoms with Crippen LogP contribution in [0.5, 0.6) is 0 Å². The number of aromatic nitrogens is 1. The highest BCUT2D eigenvalue weighted by Crippen LogP contribution is 2.14. The lowest BCUT2D eigenvalue weighted by atomic mass is 10.4. The molecule has 0 N–H and O–H groups in total. The normalized spacial score (nSPS) is 9.53. The molecule has 0 saturated carbocycles. The quantitative estimate of drug-likeness (QED) is 0.641. The Morgan fingerprint density at radius 3 is 2.07 bits per heavy atom. The van der Waals surface area contributed by atoms with Gasteiger partial charge in [0.1, 0.15) is 0 Å². The molecule has 1 aromatic heterocycles. The van der Waals surface area contributed by atoms with Crippen molar-refractivity contribution in [3.8, 4) is 0 Å². The molecule has 0 aliphatic heterocycles. The molecule has 0 unspecified atom stereocenters. The standard InChI is InChI=1S/C10H13N3O2/c1-8(14)12(3)13(9(2)15)10-4-6-11-7-5-10/h4-7H,1-3H3. The van der Waals surface area contributed by atoms with E-state index in [1.165, 1.54) is 23.9 Å². The Morgan fingerprint density at radius 2 is 1.67 bits per heavy atom. The Bertz CT molecular complexity index is 364. The van der Waals surface area contributed by atoms with Gasteiger partial charge < -0.3 is 0 Å². The molecule has 0 fully saturated rings. The molecule has 1 heterocycles. The van der Waals surface area contributed by atoms with Crippen LogP contribution in [-0.4, -0.2) is 28.9 Å². The summed E-state index contributed by atoms with van der Waals surface area (Å²) in [5.41, 5.74) is 0.621. The molecule has 0 aliphatic carbocycles. The predicted molar refractivity (Wildman–Crippen MR) is 55.8 cm³/mol. The summed E-state index contributed by atoms with van der Waals surface area (Å²) in [5, 5.41) is 2.56. The molecule has 2 amide bonds. The van der Waals surface area contributed by atoms with Crippen LogP contribution >= 0.6 is 0 Å². The van der Waals surface area contributed by atoms with Crippen molar-refractivity contribution in [3.63, 3.8) is 0 Å². The van der Waals surface area contributed by atoms with E-state index in [9.17, 15) is 9.59 Å². The minimum Gasteiger partial charge on any atom is -0.273 e. The maximum atomic E-state index is 11.4. The van der Waals surface area contributed by atoms with Crippen LogP contribution in [0.2, 0.25) is 0 Å². The van der Waals surface area contributed by atoms with Crippen LogP contribution < -0.4 is 5.01 Å². The van der Waals surface area contributed by atoms with Crippen molar-refractivity contribution in [2.24, 2.45) is 0 Å². The third-order valence-electron chi connectivity index (χ3n) is 1.96. The predicted octanol–water partition coefficient (Wildman–Crippen LogP) is 0.828. The zero-order valence-corrected chi connectivity index (χ0v) is 8.97. The van der Waals surface area contributed by atoms with Crippen LogP contribution in [0.25, 0.3) is 0 Å². The van der Waals surface area contributed by atoms with Gasteiger partial charge in [-0.1, -0.05) is 0 Å². The number of hydrogen-bond donors (Lipinski definition) is 0. The summed E-state index contributed by atoms with van der Waals surface area (Å²) in [7, 11) is 1.55. The summed E-state index contributed by atoms with van der Waals surface area (Å²) >= 11 is 0. The fourth-order valence-electron chi connectivity index (χ4n) is 1.19. The Morgan fingerprint density at radius 1 is 1.13 bits per heavy atom. The van der Waals surface area contributed by atoms with Crippen LogP contribution in [0.15, 0.2) is 24.5 Å². The molecular formula is C10H13N3O2. The fraction of sp³-hybridized carbons (Fsp3) is 0.300. The van der Waals surface area contributed by atoms with E-state index in [0.29, 0.717) is 5.69 Å². The molecule has 0 aliphatic rings. The van der Waals surface area contributed by atoms with Gasteiger partial charge in [0, 0.05) is 33.3 Å². The molecule has 1 aromatic rings. The second-order valence-corrected chi connectivity index (χ2v) is 3.08. The molecule has 0 spiro atoms. The highest BCUT2D eigenvalue weighted by atomic mass is 16.2. The number of amides is 2. The van der Waals surface area contributed by atoms with E-state index in [2.05, 4.69) is 4.98 Å². The first-order chi connectivity index (χ1) is 7.04. The largest absolute Gasteiger partial charge is 0.273 e. The molecule has 0 aromatic carbocycles. The third kappa shape index (κ3) is 2.52. The fourth-order valence-corrected chi connectivity index (χ4v) is 1.19. The van der Waals surface area contributed by atoms with Crippen LogP contribution in [0, 0.1) is 0 Å². The topological polar surface area (TPSA) is 53.5 Å². The van der Waals surface area contributed by atoms with Gasteiger partial charge in [0.2, 0.25) is 11.8 Å². The van der Waals surface area contributed by atoms with Crippen molar-refractivity contribution in [1.82, 2.24) is 9.99 Å². The maximum Gasteiger partial charge on any atom is 0.242 e. The van der Waals surface area contributed by atoms with Crippen LogP contribution in [0.4, 0.5) is 5.69 Å². The number of hydrogen-bond acceptors (Lipinski definition) is 3. The van der Waals surface area contributed by atoms with E-state index < -0.39 is 0 Å². The van der Waals surface area contributed by atoms with Gasteiger partial charge in [-0.05, 0) is 12.1 Å². The van der Waals surface area contributed by atoms with Crippen LogP contribution in [-0.2, 0) is 9.59 Å². The van der Waals surface area contributed by atoms with Crippen LogP contribution in [0.3, 0.4) is 0 Å².